The van der Waals surface area contributed by atoms with Crippen LogP contribution in [0.25, 0.3) is 22.3 Å². The largest absolute Gasteiger partial charge is 0.300 e. The van der Waals surface area contributed by atoms with Gasteiger partial charge in [0.15, 0.2) is 0 Å². The van der Waals surface area contributed by atoms with E-state index >= 15 is 0 Å². The molecular formula is C22H18N4O2. The second-order valence-corrected chi connectivity index (χ2v) is 6.38. The van der Waals surface area contributed by atoms with Crippen LogP contribution in [0.1, 0.15) is 15.9 Å². The lowest BCUT2D eigenvalue weighted by molar-refractivity contribution is 0.0953. The Morgan fingerprint density at radius 1 is 0.929 bits per heavy atom. The third-order valence-electron chi connectivity index (χ3n) is 4.59. The fourth-order valence-corrected chi connectivity index (χ4v) is 3.16. The molecule has 0 atom stereocenters. The number of amides is 1. The van der Waals surface area contributed by atoms with Crippen LogP contribution in [0.15, 0.2) is 83.7 Å². The summed E-state index contributed by atoms with van der Waals surface area (Å²) in [6.45, 7) is 0.367. The molecule has 1 heterocycles. The van der Waals surface area contributed by atoms with Crippen LogP contribution in [0.2, 0.25) is 0 Å². The number of nitrogens with zero attached hydrogens (tertiary/aromatic N) is 2. The van der Waals surface area contributed by atoms with Gasteiger partial charge >= 0.3 is 0 Å². The molecule has 4 rings (SSSR count). The van der Waals surface area contributed by atoms with Crippen molar-refractivity contribution in [3.05, 3.63) is 100 Å². The number of hydrogen-bond acceptors (Lipinski definition) is 4. The lowest BCUT2D eigenvalue weighted by Gasteiger charge is -2.13. The number of hydrazine groups is 1. The molecule has 0 aliphatic rings. The van der Waals surface area contributed by atoms with Gasteiger partial charge in [-0.3, -0.25) is 15.0 Å². The maximum absolute atomic E-state index is 13.2. The van der Waals surface area contributed by atoms with Crippen LogP contribution in [0, 0.1) is 0 Å². The van der Waals surface area contributed by atoms with Crippen LogP contribution in [-0.2, 0) is 6.54 Å². The summed E-state index contributed by atoms with van der Waals surface area (Å²) >= 11 is 0. The lowest BCUT2D eigenvalue weighted by Crippen LogP contribution is -2.30. The Morgan fingerprint density at radius 3 is 2.32 bits per heavy atom. The average molecular weight is 370 g/mol. The molecule has 0 aliphatic carbocycles. The first-order valence-electron chi connectivity index (χ1n) is 8.82. The molecular weight excluding hydrogens is 352 g/mol. The van der Waals surface area contributed by atoms with Crippen molar-refractivity contribution < 1.29 is 4.79 Å². The third kappa shape index (κ3) is 3.28. The molecule has 4 aromatic rings. The molecule has 6 heteroatoms. The molecule has 0 spiro atoms. The maximum atomic E-state index is 13.2. The summed E-state index contributed by atoms with van der Waals surface area (Å²) in [6.07, 6.45) is 0. The van der Waals surface area contributed by atoms with Crippen molar-refractivity contribution in [3.8, 4) is 11.3 Å². The number of nitrogen functional groups attached to an aromatic ring is 1. The fraction of sp³-hybridized carbons (Fsp3) is 0.0455. The Bertz CT molecular complexity index is 1200. The lowest BCUT2D eigenvalue weighted by atomic mass is 10.1. The first kappa shape index (κ1) is 17.6. The molecule has 6 nitrogen and oxygen atoms in total. The molecule has 1 amide bonds. The summed E-state index contributed by atoms with van der Waals surface area (Å²) in [5.74, 6) is 4.81. The molecule has 1 aromatic heterocycles. The Balaban J connectivity index is 1.83. The van der Waals surface area contributed by atoms with Crippen molar-refractivity contribution in [2.45, 2.75) is 6.54 Å². The van der Waals surface area contributed by atoms with Gasteiger partial charge in [-0.25, -0.2) is 10.8 Å². The van der Waals surface area contributed by atoms with Gasteiger partial charge in [0, 0.05) is 11.1 Å². The highest BCUT2D eigenvalue weighted by molar-refractivity contribution is 5.93. The summed E-state index contributed by atoms with van der Waals surface area (Å²) in [5.41, 5.74) is 6.01. The molecule has 0 saturated heterocycles. The molecule has 0 saturated carbocycles. The average Bonchev–Trinajstić information content (AvgIpc) is 2.76. The van der Waals surface area contributed by atoms with Crippen molar-refractivity contribution >= 4 is 16.9 Å². The molecule has 0 fully saturated rings. The minimum Gasteiger partial charge on any atom is -0.300 e. The van der Waals surface area contributed by atoms with Crippen LogP contribution in [0.4, 0.5) is 0 Å². The zero-order chi connectivity index (χ0) is 19.5. The highest BCUT2D eigenvalue weighted by Crippen LogP contribution is 2.18. The van der Waals surface area contributed by atoms with E-state index in [4.69, 9.17) is 5.84 Å². The smallest absolute Gasteiger partial charge is 0.277 e. The van der Waals surface area contributed by atoms with Gasteiger partial charge in [0.05, 0.1) is 17.6 Å². The Hall–Kier alpha value is -3.77. The number of carbonyl (C=O) groups excluding carboxylic acids is 1. The molecule has 138 valence electrons. The predicted molar refractivity (Wildman–Crippen MR) is 109 cm³/mol. The SMILES string of the molecule is NNC(=O)c1ccc(Cn2c(=O)c(-c3ccccc3)nc3ccccc32)cc1. The zero-order valence-electron chi connectivity index (χ0n) is 15.0. The van der Waals surface area contributed by atoms with Crippen LogP contribution in [0.3, 0.4) is 0 Å². The van der Waals surface area contributed by atoms with Gasteiger partial charge in [0.1, 0.15) is 5.69 Å². The van der Waals surface area contributed by atoms with E-state index in [0.29, 0.717) is 17.8 Å². The number of carbonyl (C=O) groups is 1. The van der Waals surface area contributed by atoms with Gasteiger partial charge in [0.25, 0.3) is 11.5 Å². The Labute approximate surface area is 161 Å². The third-order valence-corrected chi connectivity index (χ3v) is 4.59. The molecule has 0 bridgehead atoms. The van der Waals surface area contributed by atoms with Gasteiger partial charge in [-0.2, -0.15) is 0 Å². The summed E-state index contributed by atoms with van der Waals surface area (Å²) in [7, 11) is 0. The molecule has 0 unspecified atom stereocenters. The number of para-hydroxylation sites is 2. The minimum absolute atomic E-state index is 0.159. The van der Waals surface area contributed by atoms with Crippen molar-refractivity contribution in [3.63, 3.8) is 0 Å². The fourth-order valence-electron chi connectivity index (χ4n) is 3.16. The summed E-state index contributed by atoms with van der Waals surface area (Å²) in [5, 5.41) is 0. The number of benzene rings is 3. The van der Waals surface area contributed by atoms with Crippen molar-refractivity contribution in [1.82, 2.24) is 15.0 Å². The highest BCUT2D eigenvalue weighted by Gasteiger charge is 2.13. The second-order valence-electron chi connectivity index (χ2n) is 6.38. The van der Waals surface area contributed by atoms with E-state index in [0.717, 1.165) is 22.2 Å². The minimum atomic E-state index is -0.357. The van der Waals surface area contributed by atoms with E-state index in [9.17, 15) is 9.59 Å². The number of aromatic nitrogens is 2. The monoisotopic (exact) mass is 370 g/mol. The van der Waals surface area contributed by atoms with E-state index in [2.05, 4.69) is 10.4 Å². The number of nitrogens with one attached hydrogen (secondary N) is 1. The highest BCUT2D eigenvalue weighted by atomic mass is 16.2. The van der Waals surface area contributed by atoms with Gasteiger partial charge in [-0.05, 0) is 29.8 Å². The number of hydrogen-bond donors (Lipinski definition) is 2. The second kappa shape index (κ2) is 7.46. The van der Waals surface area contributed by atoms with Gasteiger partial charge in [-0.15, -0.1) is 0 Å². The normalized spacial score (nSPS) is 10.8. The van der Waals surface area contributed by atoms with Crippen molar-refractivity contribution in [2.24, 2.45) is 5.84 Å². The van der Waals surface area contributed by atoms with Crippen LogP contribution in [0.5, 0.6) is 0 Å². The summed E-state index contributed by atoms with van der Waals surface area (Å²) < 4.78 is 1.71. The van der Waals surface area contributed by atoms with Crippen LogP contribution >= 0.6 is 0 Å². The van der Waals surface area contributed by atoms with Gasteiger partial charge < -0.3 is 4.57 Å². The molecule has 28 heavy (non-hydrogen) atoms. The van der Waals surface area contributed by atoms with E-state index in [1.807, 2.05) is 66.7 Å². The van der Waals surface area contributed by atoms with Crippen LogP contribution < -0.4 is 16.8 Å². The molecule has 3 N–H and O–H groups in total. The van der Waals surface area contributed by atoms with E-state index in [1.165, 1.54) is 0 Å². The summed E-state index contributed by atoms with van der Waals surface area (Å²) in [4.78, 5) is 29.4. The number of nitrogens with two attached hydrogens (primary N) is 1. The van der Waals surface area contributed by atoms with Crippen molar-refractivity contribution in [2.75, 3.05) is 0 Å². The molecule has 0 aliphatic heterocycles. The Kier molecular flexibility index (Phi) is 4.70. The standard InChI is InChI=1S/C22H18N4O2/c23-25-21(27)17-12-10-15(11-13-17)14-26-19-9-5-4-8-18(19)24-20(22(26)28)16-6-2-1-3-7-16/h1-13H,14,23H2,(H,25,27). The summed E-state index contributed by atoms with van der Waals surface area (Å²) in [6, 6.07) is 24.0. The zero-order valence-corrected chi connectivity index (χ0v) is 15.0. The number of rotatable bonds is 4. The Morgan fingerprint density at radius 2 is 1.61 bits per heavy atom. The number of fused-ring (bicyclic) bond motifs is 1. The topological polar surface area (TPSA) is 90.0 Å². The molecule has 3 aromatic carbocycles. The van der Waals surface area contributed by atoms with Gasteiger partial charge in [-0.1, -0.05) is 54.6 Å². The molecule has 0 radical (unpaired) electrons. The van der Waals surface area contributed by atoms with E-state index < -0.39 is 0 Å². The predicted octanol–water partition coefficient (Wildman–Crippen LogP) is 2.72. The van der Waals surface area contributed by atoms with Gasteiger partial charge in [0.2, 0.25) is 0 Å². The maximum Gasteiger partial charge on any atom is 0.277 e. The van der Waals surface area contributed by atoms with E-state index in [-0.39, 0.29) is 11.5 Å². The van der Waals surface area contributed by atoms with Crippen molar-refractivity contribution in [1.29, 1.82) is 0 Å². The first-order chi connectivity index (χ1) is 13.7. The first-order valence-corrected chi connectivity index (χ1v) is 8.82. The van der Waals surface area contributed by atoms with Crippen LogP contribution in [-0.4, -0.2) is 15.5 Å². The van der Waals surface area contributed by atoms with E-state index in [1.54, 1.807) is 16.7 Å². The quantitative estimate of drug-likeness (QED) is 0.328.